The quantitative estimate of drug-likeness (QED) is 0.453. The first-order valence-corrected chi connectivity index (χ1v) is 5.87. The minimum atomic E-state index is -1.60. The highest BCUT2D eigenvalue weighted by atomic mass is 16.4. The fourth-order valence-electron chi connectivity index (χ4n) is 1.50. The molecular formula is C11H18N2O5. The highest BCUT2D eigenvalue weighted by molar-refractivity contribution is 5.82. The number of carboxylic acids is 1. The van der Waals surface area contributed by atoms with Crippen molar-refractivity contribution >= 4 is 17.8 Å². The van der Waals surface area contributed by atoms with Gasteiger partial charge >= 0.3 is 5.97 Å². The van der Waals surface area contributed by atoms with Crippen molar-refractivity contribution in [2.24, 2.45) is 11.8 Å². The third-order valence-corrected chi connectivity index (χ3v) is 2.88. The van der Waals surface area contributed by atoms with E-state index in [2.05, 4.69) is 10.6 Å². The number of hydrogen-bond donors (Lipinski definition) is 4. The van der Waals surface area contributed by atoms with Crippen LogP contribution >= 0.6 is 0 Å². The highest BCUT2D eigenvalue weighted by Gasteiger charge is 2.38. The van der Waals surface area contributed by atoms with E-state index in [4.69, 9.17) is 10.2 Å². The summed E-state index contributed by atoms with van der Waals surface area (Å²) in [4.78, 5) is 32.9. The molecule has 0 aromatic rings. The average molecular weight is 258 g/mol. The molecule has 102 valence electrons. The highest BCUT2D eigenvalue weighted by Crippen LogP contribution is 2.37. The molecule has 1 aliphatic rings. The molecule has 2 amide bonds. The normalized spacial score (nSPS) is 23.0. The Morgan fingerprint density at radius 3 is 2.44 bits per heavy atom. The van der Waals surface area contributed by atoms with Gasteiger partial charge in [0.25, 0.3) is 0 Å². The van der Waals surface area contributed by atoms with Gasteiger partial charge in [-0.1, -0.05) is 6.92 Å². The van der Waals surface area contributed by atoms with Crippen molar-refractivity contribution in [3.63, 3.8) is 0 Å². The van der Waals surface area contributed by atoms with E-state index in [1.165, 1.54) is 0 Å². The van der Waals surface area contributed by atoms with E-state index < -0.39 is 18.0 Å². The zero-order valence-electron chi connectivity index (χ0n) is 10.2. The third-order valence-electron chi connectivity index (χ3n) is 2.88. The fraction of sp³-hybridized carbons (Fsp3) is 0.727. The lowest BCUT2D eigenvalue weighted by Crippen LogP contribution is -2.38. The van der Waals surface area contributed by atoms with Crippen LogP contribution in [0.15, 0.2) is 0 Å². The Labute approximate surface area is 105 Å². The second kappa shape index (κ2) is 6.34. The maximum atomic E-state index is 11.4. The second-order valence-corrected chi connectivity index (χ2v) is 4.52. The van der Waals surface area contributed by atoms with E-state index in [1.807, 2.05) is 6.92 Å². The van der Waals surface area contributed by atoms with Crippen LogP contribution in [-0.4, -0.2) is 47.2 Å². The van der Waals surface area contributed by atoms with Gasteiger partial charge in [0.2, 0.25) is 11.8 Å². The summed E-state index contributed by atoms with van der Waals surface area (Å²) in [6.07, 6.45) is -0.641. The molecule has 3 atom stereocenters. The van der Waals surface area contributed by atoms with Gasteiger partial charge in [0.15, 0.2) is 6.10 Å². The van der Waals surface area contributed by atoms with Crippen LogP contribution in [0, 0.1) is 11.8 Å². The molecule has 1 saturated carbocycles. The first-order chi connectivity index (χ1) is 8.41. The van der Waals surface area contributed by atoms with Crippen molar-refractivity contribution in [3.8, 4) is 0 Å². The predicted molar refractivity (Wildman–Crippen MR) is 61.6 cm³/mol. The van der Waals surface area contributed by atoms with Crippen molar-refractivity contribution in [2.75, 3.05) is 13.1 Å². The molecule has 7 heteroatoms. The van der Waals surface area contributed by atoms with E-state index in [1.54, 1.807) is 0 Å². The molecule has 1 rings (SSSR count). The summed E-state index contributed by atoms with van der Waals surface area (Å²) in [7, 11) is 0. The summed E-state index contributed by atoms with van der Waals surface area (Å²) in [6, 6.07) is 0. The summed E-state index contributed by atoms with van der Waals surface area (Å²) < 4.78 is 0. The van der Waals surface area contributed by atoms with Crippen molar-refractivity contribution in [1.29, 1.82) is 0 Å². The number of nitrogens with one attached hydrogen (secondary N) is 2. The minimum absolute atomic E-state index is 0.0409. The molecule has 0 spiro atoms. The molecule has 0 bridgehead atoms. The SMILES string of the molecule is CC1CC1C(=O)NCCC(=O)NC[C@H](O)C(=O)O. The molecule has 2 unspecified atom stereocenters. The van der Waals surface area contributed by atoms with Crippen LogP contribution in [0.5, 0.6) is 0 Å². The van der Waals surface area contributed by atoms with E-state index in [0.717, 1.165) is 6.42 Å². The molecule has 0 aliphatic heterocycles. The summed E-state index contributed by atoms with van der Waals surface area (Å²) >= 11 is 0. The molecular weight excluding hydrogens is 240 g/mol. The lowest BCUT2D eigenvalue weighted by Gasteiger charge is -2.08. The Hall–Kier alpha value is -1.63. The van der Waals surface area contributed by atoms with Crippen LogP contribution in [0.4, 0.5) is 0 Å². The number of aliphatic hydroxyl groups excluding tert-OH is 1. The molecule has 0 saturated heterocycles. The zero-order valence-corrected chi connectivity index (χ0v) is 10.2. The van der Waals surface area contributed by atoms with Gasteiger partial charge < -0.3 is 20.8 Å². The summed E-state index contributed by atoms with van der Waals surface area (Å²) in [5.41, 5.74) is 0. The van der Waals surface area contributed by atoms with Gasteiger partial charge in [-0.15, -0.1) is 0 Å². The van der Waals surface area contributed by atoms with Crippen molar-refractivity contribution < 1.29 is 24.6 Å². The molecule has 1 aliphatic carbocycles. The molecule has 0 radical (unpaired) electrons. The molecule has 7 nitrogen and oxygen atoms in total. The van der Waals surface area contributed by atoms with Crippen LogP contribution in [0.25, 0.3) is 0 Å². The van der Waals surface area contributed by atoms with Gasteiger partial charge in [0.1, 0.15) is 0 Å². The second-order valence-electron chi connectivity index (χ2n) is 4.52. The topological polar surface area (TPSA) is 116 Å². The van der Waals surface area contributed by atoms with E-state index in [9.17, 15) is 14.4 Å². The first kappa shape index (κ1) is 14.4. The number of rotatable bonds is 7. The molecule has 0 aromatic carbocycles. The Kier molecular flexibility index (Phi) is 5.08. The number of hydrogen-bond acceptors (Lipinski definition) is 4. The Balaban J connectivity index is 2.06. The standard InChI is InChI=1S/C11H18N2O5/c1-6-4-7(6)10(16)12-3-2-9(15)13-5-8(14)11(17)18/h6-8,14H,2-5H2,1H3,(H,12,16)(H,13,15)(H,17,18)/t6?,7?,8-/m0/s1. The van der Waals surface area contributed by atoms with Gasteiger partial charge in [-0.3, -0.25) is 9.59 Å². The number of aliphatic carboxylic acids is 1. The van der Waals surface area contributed by atoms with Crippen molar-refractivity contribution in [1.82, 2.24) is 10.6 Å². The van der Waals surface area contributed by atoms with Gasteiger partial charge in [0, 0.05) is 18.9 Å². The Morgan fingerprint density at radius 1 is 1.33 bits per heavy atom. The predicted octanol–water partition coefficient (Wildman–Crippen LogP) is -1.29. The molecule has 0 aromatic heterocycles. The summed E-state index contributed by atoms with van der Waals surface area (Å²) in [5.74, 6) is -1.34. The van der Waals surface area contributed by atoms with Crippen LogP contribution in [0.2, 0.25) is 0 Å². The van der Waals surface area contributed by atoms with Crippen LogP contribution < -0.4 is 10.6 Å². The van der Waals surface area contributed by atoms with Crippen molar-refractivity contribution in [3.05, 3.63) is 0 Å². The third kappa shape index (κ3) is 4.70. The van der Waals surface area contributed by atoms with Gasteiger partial charge in [-0.2, -0.15) is 0 Å². The van der Waals surface area contributed by atoms with Crippen LogP contribution in [0.3, 0.4) is 0 Å². The number of carbonyl (C=O) groups is 3. The van der Waals surface area contributed by atoms with Crippen LogP contribution in [-0.2, 0) is 14.4 Å². The maximum Gasteiger partial charge on any atom is 0.334 e. The first-order valence-electron chi connectivity index (χ1n) is 5.87. The molecule has 0 heterocycles. The lowest BCUT2D eigenvalue weighted by molar-refractivity contribution is -0.146. The average Bonchev–Trinajstić information content (AvgIpc) is 3.03. The molecule has 4 N–H and O–H groups in total. The maximum absolute atomic E-state index is 11.4. The molecule has 18 heavy (non-hydrogen) atoms. The van der Waals surface area contributed by atoms with Crippen molar-refractivity contribution in [2.45, 2.75) is 25.9 Å². The van der Waals surface area contributed by atoms with Gasteiger partial charge in [-0.05, 0) is 12.3 Å². The zero-order chi connectivity index (χ0) is 13.7. The minimum Gasteiger partial charge on any atom is -0.479 e. The van der Waals surface area contributed by atoms with Crippen LogP contribution in [0.1, 0.15) is 19.8 Å². The van der Waals surface area contributed by atoms with E-state index in [-0.39, 0.29) is 31.3 Å². The Morgan fingerprint density at radius 2 is 1.94 bits per heavy atom. The largest absolute Gasteiger partial charge is 0.479 e. The van der Waals surface area contributed by atoms with Gasteiger partial charge in [-0.25, -0.2) is 4.79 Å². The number of amides is 2. The summed E-state index contributed by atoms with van der Waals surface area (Å²) in [5, 5.41) is 22.2. The van der Waals surface area contributed by atoms with E-state index in [0.29, 0.717) is 5.92 Å². The fourth-order valence-corrected chi connectivity index (χ4v) is 1.50. The summed E-state index contributed by atoms with van der Waals surface area (Å²) in [6.45, 7) is 1.88. The molecule has 1 fully saturated rings. The number of carbonyl (C=O) groups excluding carboxylic acids is 2. The lowest BCUT2D eigenvalue weighted by atomic mass is 10.3. The number of aliphatic hydroxyl groups is 1. The van der Waals surface area contributed by atoms with Gasteiger partial charge in [0.05, 0.1) is 6.54 Å². The number of carboxylic acid groups (broad SMARTS) is 1. The smallest absolute Gasteiger partial charge is 0.334 e. The van der Waals surface area contributed by atoms with E-state index >= 15 is 0 Å². The monoisotopic (exact) mass is 258 g/mol. The Bertz CT molecular complexity index is 344.